The summed E-state index contributed by atoms with van der Waals surface area (Å²) in [4.78, 5) is 35.9. The van der Waals surface area contributed by atoms with Crippen LogP contribution in [0.3, 0.4) is 0 Å². The number of carbonyl (C=O) groups is 3. The molecule has 8 nitrogen and oxygen atoms in total. The van der Waals surface area contributed by atoms with Crippen LogP contribution in [0.15, 0.2) is 40.9 Å². The van der Waals surface area contributed by atoms with Crippen molar-refractivity contribution in [3.63, 3.8) is 0 Å². The summed E-state index contributed by atoms with van der Waals surface area (Å²) in [6, 6.07) is 11.0. The number of thiocarbonyl (C=S) groups is 1. The summed E-state index contributed by atoms with van der Waals surface area (Å²) < 4.78 is 6.35. The van der Waals surface area contributed by atoms with E-state index in [1.165, 1.54) is 0 Å². The van der Waals surface area contributed by atoms with Gasteiger partial charge in [0.15, 0.2) is 11.7 Å². The Hall–Kier alpha value is -2.98. The number of rotatable bonds is 7. The lowest BCUT2D eigenvalue weighted by atomic mass is 10.1. The SMILES string of the molecule is Cc1ccc(NC(=O)CCC(=O)NNC(=S)NC(=O)COc2ccc(Br)c(C)c2)c(C)c1. The maximum atomic E-state index is 12.1. The number of aryl methyl sites for hydroxylation is 3. The van der Waals surface area contributed by atoms with Gasteiger partial charge >= 0.3 is 0 Å². The standard InChI is InChI=1S/C22H25BrN4O4S/c1-13-4-7-18(15(3)10-13)24-19(28)8-9-20(29)26-27-22(32)25-21(30)12-31-16-5-6-17(23)14(2)11-16/h4-7,10-11H,8-9,12H2,1-3H3,(H,24,28)(H,26,29)(H2,25,27,30,32). The third-order valence-corrected chi connectivity index (χ3v) is 5.40. The first-order valence-corrected chi connectivity index (χ1v) is 11.0. The van der Waals surface area contributed by atoms with Gasteiger partial charge in [-0.2, -0.15) is 0 Å². The molecular formula is C22H25BrN4O4S. The minimum absolute atomic E-state index is 0.000394. The minimum atomic E-state index is -0.481. The normalized spacial score (nSPS) is 10.1. The zero-order valence-electron chi connectivity index (χ0n) is 18.0. The Labute approximate surface area is 200 Å². The second kappa shape index (κ2) is 12.2. The first-order chi connectivity index (χ1) is 15.1. The molecule has 0 unspecified atom stereocenters. The molecule has 0 aliphatic heterocycles. The molecule has 2 aromatic carbocycles. The first kappa shape index (κ1) is 25.3. The number of hydrazine groups is 1. The predicted molar refractivity (Wildman–Crippen MR) is 130 cm³/mol. The van der Waals surface area contributed by atoms with Gasteiger partial charge in [-0.3, -0.25) is 30.6 Å². The summed E-state index contributed by atoms with van der Waals surface area (Å²) in [6.07, 6.45) is -0.0489. The Morgan fingerprint density at radius 2 is 1.62 bits per heavy atom. The lowest BCUT2D eigenvalue weighted by molar-refractivity contribution is -0.125. The summed E-state index contributed by atoms with van der Waals surface area (Å²) >= 11 is 8.36. The van der Waals surface area contributed by atoms with Crippen LogP contribution in [0.5, 0.6) is 5.75 Å². The number of halogens is 1. The van der Waals surface area contributed by atoms with E-state index in [2.05, 4.69) is 37.4 Å². The van der Waals surface area contributed by atoms with Crippen molar-refractivity contribution in [2.24, 2.45) is 0 Å². The van der Waals surface area contributed by atoms with Crippen molar-refractivity contribution in [3.05, 3.63) is 57.6 Å². The summed E-state index contributed by atoms with van der Waals surface area (Å²) in [5, 5.41) is 5.09. The van der Waals surface area contributed by atoms with Crippen LogP contribution in [-0.2, 0) is 14.4 Å². The van der Waals surface area contributed by atoms with Crippen molar-refractivity contribution in [2.75, 3.05) is 11.9 Å². The number of amides is 3. The summed E-state index contributed by atoms with van der Waals surface area (Å²) in [7, 11) is 0. The van der Waals surface area contributed by atoms with E-state index in [0.717, 1.165) is 21.2 Å². The van der Waals surface area contributed by atoms with Crippen molar-refractivity contribution >= 4 is 56.7 Å². The van der Waals surface area contributed by atoms with Crippen LogP contribution in [-0.4, -0.2) is 29.4 Å². The highest BCUT2D eigenvalue weighted by Crippen LogP contribution is 2.21. The Bertz CT molecular complexity index is 1030. The number of ether oxygens (including phenoxy) is 1. The highest BCUT2D eigenvalue weighted by atomic mass is 79.9. The van der Waals surface area contributed by atoms with Gasteiger partial charge in [-0.1, -0.05) is 33.6 Å². The van der Waals surface area contributed by atoms with E-state index in [1.807, 2.05) is 45.0 Å². The smallest absolute Gasteiger partial charge is 0.264 e. The monoisotopic (exact) mass is 520 g/mol. The molecule has 170 valence electrons. The largest absolute Gasteiger partial charge is 0.484 e. The second-order valence-corrected chi connectivity index (χ2v) is 8.38. The van der Waals surface area contributed by atoms with Crippen LogP contribution >= 0.6 is 28.1 Å². The summed E-state index contributed by atoms with van der Waals surface area (Å²) in [5.74, 6) is -0.653. The van der Waals surface area contributed by atoms with E-state index < -0.39 is 11.8 Å². The Morgan fingerprint density at radius 1 is 0.906 bits per heavy atom. The number of hydrogen-bond acceptors (Lipinski definition) is 5. The molecule has 0 bridgehead atoms. The van der Waals surface area contributed by atoms with Crippen molar-refractivity contribution in [1.82, 2.24) is 16.2 Å². The van der Waals surface area contributed by atoms with E-state index in [4.69, 9.17) is 17.0 Å². The number of hydrogen-bond donors (Lipinski definition) is 4. The molecule has 3 amide bonds. The molecule has 0 aromatic heterocycles. The number of anilines is 1. The number of carbonyl (C=O) groups excluding carboxylic acids is 3. The third-order valence-electron chi connectivity index (χ3n) is 4.30. The lowest BCUT2D eigenvalue weighted by Crippen LogP contribution is -2.49. The van der Waals surface area contributed by atoms with Crippen molar-refractivity contribution in [3.8, 4) is 5.75 Å². The fourth-order valence-corrected chi connectivity index (χ4v) is 3.04. The van der Waals surface area contributed by atoms with Crippen LogP contribution in [0.1, 0.15) is 29.5 Å². The topological polar surface area (TPSA) is 109 Å². The molecule has 10 heteroatoms. The molecule has 0 atom stereocenters. The van der Waals surface area contributed by atoms with Gasteiger partial charge in [0.1, 0.15) is 5.75 Å². The third kappa shape index (κ3) is 8.64. The van der Waals surface area contributed by atoms with E-state index in [9.17, 15) is 14.4 Å². The van der Waals surface area contributed by atoms with Crippen LogP contribution in [0.2, 0.25) is 0 Å². The highest BCUT2D eigenvalue weighted by molar-refractivity contribution is 9.10. The number of nitrogens with one attached hydrogen (secondary N) is 4. The van der Waals surface area contributed by atoms with Gasteiger partial charge in [0, 0.05) is 23.0 Å². The molecule has 0 aliphatic rings. The second-order valence-electron chi connectivity index (χ2n) is 7.12. The average molecular weight is 521 g/mol. The Balaban J connectivity index is 1.65. The molecule has 0 heterocycles. The molecule has 0 saturated carbocycles. The lowest BCUT2D eigenvalue weighted by Gasteiger charge is -2.12. The molecular weight excluding hydrogens is 496 g/mol. The molecule has 2 rings (SSSR count). The maximum Gasteiger partial charge on any atom is 0.264 e. The molecule has 2 aromatic rings. The summed E-state index contributed by atoms with van der Waals surface area (Å²) in [6.45, 7) is 5.54. The fourth-order valence-electron chi connectivity index (χ4n) is 2.63. The van der Waals surface area contributed by atoms with Gasteiger partial charge in [-0.25, -0.2) is 0 Å². The van der Waals surface area contributed by atoms with Gasteiger partial charge in [-0.05, 0) is 68.4 Å². The number of benzene rings is 2. The van der Waals surface area contributed by atoms with E-state index >= 15 is 0 Å². The van der Waals surface area contributed by atoms with Gasteiger partial charge < -0.3 is 10.1 Å². The van der Waals surface area contributed by atoms with Gasteiger partial charge in [0.05, 0.1) is 0 Å². The minimum Gasteiger partial charge on any atom is -0.484 e. The molecule has 4 N–H and O–H groups in total. The van der Waals surface area contributed by atoms with E-state index in [0.29, 0.717) is 11.4 Å². The van der Waals surface area contributed by atoms with Crippen LogP contribution in [0, 0.1) is 20.8 Å². The molecule has 32 heavy (non-hydrogen) atoms. The van der Waals surface area contributed by atoms with Gasteiger partial charge in [0.2, 0.25) is 11.8 Å². The Kier molecular flexibility index (Phi) is 9.61. The van der Waals surface area contributed by atoms with Crippen molar-refractivity contribution in [1.29, 1.82) is 0 Å². The van der Waals surface area contributed by atoms with Crippen molar-refractivity contribution in [2.45, 2.75) is 33.6 Å². The average Bonchev–Trinajstić information content (AvgIpc) is 2.73. The van der Waals surface area contributed by atoms with Crippen LogP contribution in [0.4, 0.5) is 5.69 Å². The molecule has 0 radical (unpaired) electrons. The van der Waals surface area contributed by atoms with Crippen LogP contribution < -0.4 is 26.2 Å². The Morgan fingerprint density at radius 3 is 2.31 bits per heavy atom. The van der Waals surface area contributed by atoms with E-state index in [1.54, 1.807) is 12.1 Å². The highest BCUT2D eigenvalue weighted by Gasteiger charge is 2.10. The molecule has 0 fully saturated rings. The zero-order chi connectivity index (χ0) is 23.7. The van der Waals surface area contributed by atoms with Crippen molar-refractivity contribution < 1.29 is 19.1 Å². The van der Waals surface area contributed by atoms with Crippen LogP contribution in [0.25, 0.3) is 0 Å². The first-order valence-electron chi connectivity index (χ1n) is 9.79. The molecule has 0 aliphatic carbocycles. The maximum absolute atomic E-state index is 12.1. The zero-order valence-corrected chi connectivity index (χ0v) is 20.4. The summed E-state index contributed by atoms with van der Waals surface area (Å²) in [5.41, 5.74) is 8.50. The predicted octanol–water partition coefficient (Wildman–Crippen LogP) is 3.19. The van der Waals surface area contributed by atoms with E-state index in [-0.39, 0.29) is 30.5 Å². The van der Waals surface area contributed by atoms with Gasteiger partial charge in [0.25, 0.3) is 5.91 Å². The van der Waals surface area contributed by atoms with Gasteiger partial charge in [-0.15, -0.1) is 0 Å². The molecule has 0 saturated heterocycles. The molecule has 0 spiro atoms. The quantitative estimate of drug-likeness (QED) is 0.329. The fraction of sp³-hybridized carbons (Fsp3) is 0.273.